The number of methoxy groups -OCH3 is 1. The number of hydrogen-bond donors (Lipinski definition) is 1. The second-order valence-electron chi connectivity index (χ2n) is 3.96. The number of aliphatic hydroxyl groups excluding tert-OH is 1. The molecular formula is C15H16O3. The molecule has 94 valence electrons. The van der Waals surface area contributed by atoms with E-state index in [4.69, 9.17) is 9.47 Å². The molecule has 3 heteroatoms. The first kappa shape index (κ1) is 12.5. The fourth-order valence-corrected chi connectivity index (χ4v) is 1.82. The highest BCUT2D eigenvalue weighted by atomic mass is 16.5. The van der Waals surface area contributed by atoms with Crippen LogP contribution in [0.4, 0.5) is 0 Å². The first-order valence-electron chi connectivity index (χ1n) is 5.80. The molecule has 1 atom stereocenters. The molecule has 0 heterocycles. The molecule has 0 aliphatic heterocycles. The topological polar surface area (TPSA) is 38.7 Å². The van der Waals surface area contributed by atoms with Gasteiger partial charge in [-0.15, -0.1) is 0 Å². The summed E-state index contributed by atoms with van der Waals surface area (Å²) < 4.78 is 11.0. The molecule has 1 N–H and O–H groups in total. The molecule has 0 aliphatic rings. The maximum atomic E-state index is 9.83. The third-order valence-corrected chi connectivity index (χ3v) is 2.63. The van der Waals surface area contributed by atoms with Crippen LogP contribution < -0.4 is 9.47 Å². The molecule has 0 bridgehead atoms. The molecule has 0 fully saturated rings. The van der Waals surface area contributed by atoms with E-state index in [2.05, 4.69) is 0 Å². The van der Waals surface area contributed by atoms with Crippen molar-refractivity contribution in [3.05, 3.63) is 54.1 Å². The molecule has 0 saturated heterocycles. The molecule has 0 unspecified atom stereocenters. The molecule has 3 nitrogen and oxygen atoms in total. The van der Waals surface area contributed by atoms with Crippen LogP contribution in [0.5, 0.6) is 17.2 Å². The summed E-state index contributed by atoms with van der Waals surface area (Å²) in [5.74, 6) is 1.96. The number of ether oxygens (including phenoxy) is 2. The lowest BCUT2D eigenvalue weighted by Gasteiger charge is -2.16. The normalized spacial score (nSPS) is 11.9. The molecule has 0 aromatic heterocycles. The third-order valence-electron chi connectivity index (χ3n) is 2.63. The maximum Gasteiger partial charge on any atom is 0.136 e. The van der Waals surface area contributed by atoms with E-state index in [9.17, 15) is 5.11 Å². The van der Waals surface area contributed by atoms with E-state index in [0.717, 1.165) is 5.75 Å². The SMILES string of the molecule is COc1cccc(Oc2ccccc2)c1[C@@H](C)O. The average Bonchev–Trinajstić information content (AvgIpc) is 2.39. The van der Waals surface area contributed by atoms with Crippen LogP contribution in [-0.2, 0) is 0 Å². The quantitative estimate of drug-likeness (QED) is 0.894. The molecule has 0 saturated carbocycles. The van der Waals surface area contributed by atoms with E-state index < -0.39 is 6.10 Å². The van der Waals surface area contributed by atoms with Crippen molar-refractivity contribution in [2.45, 2.75) is 13.0 Å². The Hall–Kier alpha value is -2.00. The second-order valence-corrected chi connectivity index (χ2v) is 3.96. The van der Waals surface area contributed by atoms with Gasteiger partial charge in [0.15, 0.2) is 0 Å². The lowest BCUT2D eigenvalue weighted by molar-refractivity contribution is 0.190. The molecule has 0 aliphatic carbocycles. The molecule has 0 spiro atoms. The summed E-state index contributed by atoms with van der Waals surface area (Å²) >= 11 is 0. The predicted octanol–water partition coefficient (Wildman–Crippen LogP) is 3.54. The monoisotopic (exact) mass is 244 g/mol. The molecule has 2 rings (SSSR count). The second kappa shape index (κ2) is 5.56. The Kier molecular flexibility index (Phi) is 3.85. The highest BCUT2D eigenvalue weighted by Crippen LogP contribution is 2.36. The van der Waals surface area contributed by atoms with Crippen LogP contribution in [0.2, 0.25) is 0 Å². The van der Waals surface area contributed by atoms with Crippen molar-refractivity contribution in [3.8, 4) is 17.2 Å². The van der Waals surface area contributed by atoms with Crippen molar-refractivity contribution in [3.63, 3.8) is 0 Å². The summed E-state index contributed by atoms with van der Waals surface area (Å²) in [5.41, 5.74) is 0.656. The van der Waals surface area contributed by atoms with Crippen LogP contribution in [0.15, 0.2) is 48.5 Å². The maximum absolute atomic E-state index is 9.83. The molecule has 18 heavy (non-hydrogen) atoms. The van der Waals surface area contributed by atoms with Gasteiger partial charge in [0.25, 0.3) is 0 Å². The standard InChI is InChI=1S/C15H16O3/c1-11(16)15-13(17-2)9-6-10-14(15)18-12-7-4-3-5-8-12/h3-11,16H,1-2H3/t11-/m1/s1. The minimum Gasteiger partial charge on any atom is -0.496 e. The van der Waals surface area contributed by atoms with Crippen LogP contribution in [0.25, 0.3) is 0 Å². The Labute approximate surface area is 107 Å². The van der Waals surface area contributed by atoms with Crippen molar-refractivity contribution in [2.24, 2.45) is 0 Å². The van der Waals surface area contributed by atoms with E-state index in [1.54, 1.807) is 20.1 Å². The van der Waals surface area contributed by atoms with Crippen molar-refractivity contribution in [1.82, 2.24) is 0 Å². The van der Waals surface area contributed by atoms with Gasteiger partial charge in [0.1, 0.15) is 17.2 Å². The molecule has 0 radical (unpaired) electrons. The van der Waals surface area contributed by atoms with Gasteiger partial charge in [-0.25, -0.2) is 0 Å². The number of hydrogen-bond acceptors (Lipinski definition) is 3. The molecule has 0 amide bonds. The van der Waals surface area contributed by atoms with Gasteiger partial charge < -0.3 is 14.6 Å². The van der Waals surface area contributed by atoms with Crippen molar-refractivity contribution in [2.75, 3.05) is 7.11 Å². The Morgan fingerprint density at radius 1 is 0.944 bits per heavy atom. The van der Waals surface area contributed by atoms with E-state index in [1.807, 2.05) is 42.5 Å². The Morgan fingerprint density at radius 3 is 2.22 bits per heavy atom. The summed E-state index contributed by atoms with van der Waals surface area (Å²) in [6.07, 6.45) is -0.653. The van der Waals surface area contributed by atoms with Crippen LogP contribution >= 0.6 is 0 Å². The minimum atomic E-state index is -0.653. The summed E-state index contributed by atoms with van der Waals surface area (Å²) in [6.45, 7) is 1.69. The van der Waals surface area contributed by atoms with Gasteiger partial charge in [-0.3, -0.25) is 0 Å². The lowest BCUT2D eigenvalue weighted by atomic mass is 10.1. The summed E-state index contributed by atoms with van der Waals surface area (Å²) in [4.78, 5) is 0. The third kappa shape index (κ3) is 2.63. The van der Waals surface area contributed by atoms with Gasteiger partial charge in [0.05, 0.1) is 18.8 Å². The van der Waals surface area contributed by atoms with Gasteiger partial charge in [0.2, 0.25) is 0 Å². The van der Waals surface area contributed by atoms with Crippen LogP contribution in [0.1, 0.15) is 18.6 Å². The number of benzene rings is 2. The molecule has 2 aromatic rings. The van der Waals surface area contributed by atoms with E-state index in [-0.39, 0.29) is 0 Å². The number of aliphatic hydroxyl groups is 1. The van der Waals surface area contributed by atoms with Crippen LogP contribution in [0.3, 0.4) is 0 Å². The van der Waals surface area contributed by atoms with Gasteiger partial charge in [-0.1, -0.05) is 24.3 Å². The zero-order valence-corrected chi connectivity index (χ0v) is 10.5. The zero-order valence-electron chi connectivity index (χ0n) is 10.5. The Bertz CT molecular complexity index is 506. The zero-order chi connectivity index (χ0) is 13.0. The minimum absolute atomic E-state index is 0.607. The van der Waals surface area contributed by atoms with Gasteiger partial charge in [0, 0.05) is 0 Å². The van der Waals surface area contributed by atoms with Crippen molar-refractivity contribution >= 4 is 0 Å². The first-order chi connectivity index (χ1) is 8.72. The molecular weight excluding hydrogens is 228 g/mol. The fraction of sp³-hybridized carbons (Fsp3) is 0.200. The largest absolute Gasteiger partial charge is 0.496 e. The fourth-order valence-electron chi connectivity index (χ4n) is 1.82. The Balaban J connectivity index is 2.38. The number of para-hydroxylation sites is 1. The lowest BCUT2D eigenvalue weighted by Crippen LogP contribution is -1.99. The number of rotatable bonds is 4. The van der Waals surface area contributed by atoms with E-state index >= 15 is 0 Å². The average molecular weight is 244 g/mol. The molecule has 2 aromatic carbocycles. The smallest absolute Gasteiger partial charge is 0.136 e. The Morgan fingerprint density at radius 2 is 1.61 bits per heavy atom. The van der Waals surface area contributed by atoms with Crippen molar-refractivity contribution < 1.29 is 14.6 Å². The van der Waals surface area contributed by atoms with Gasteiger partial charge in [-0.05, 0) is 31.2 Å². The van der Waals surface area contributed by atoms with E-state index in [0.29, 0.717) is 17.1 Å². The summed E-state index contributed by atoms with van der Waals surface area (Å²) in [6, 6.07) is 14.9. The van der Waals surface area contributed by atoms with Crippen molar-refractivity contribution in [1.29, 1.82) is 0 Å². The first-order valence-corrected chi connectivity index (χ1v) is 5.80. The highest BCUT2D eigenvalue weighted by molar-refractivity contribution is 5.47. The summed E-state index contributed by atoms with van der Waals surface area (Å²) in [5, 5.41) is 9.83. The van der Waals surface area contributed by atoms with Crippen LogP contribution in [-0.4, -0.2) is 12.2 Å². The van der Waals surface area contributed by atoms with Gasteiger partial charge in [-0.2, -0.15) is 0 Å². The van der Waals surface area contributed by atoms with E-state index in [1.165, 1.54) is 0 Å². The van der Waals surface area contributed by atoms with Crippen LogP contribution in [0, 0.1) is 0 Å². The summed E-state index contributed by atoms with van der Waals surface area (Å²) in [7, 11) is 1.58. The highest BCUT2D eigenvalue weighted by Gasteiger charge is 2.15. The predicted molar refractivity (Wildman–Crippen MR) is 70.1 cm³/mol. The van der Waals surface area contributed by atoms with Gasteiger partial charge >= 0.3 is 0 Å².